The van der Waals surface area contributed by atoms with Crippen LogP contribution in [0, 0.1) is 28.6 Å². The summed E-state index contributed by atoms with van der Waals surface area (Å²) in [5, 5.41) is 9.72. The highest BCUT2D eigenvalue weighted by Crippen LogP contribution is 2.45. The predicted octanol–water partition coefficient (Wildman–Crippen LogP) is 8.58. The molecule has 1 aromatic rings. The molecular weight excluding hydrogens is 350 g/mol. The summed E-state index contributed by atoms with van der Waals surface area (Å²) in [5.74, 6) is 2.65. The molecule has 2 saturated carbocycles. The van der Waals surface area contributed by atoms with Gasteiger partial charge in [0.05, 0.1) is 11.5 Å². The number of rotatable bonds is 9. The third-order valence-electron chi connectivity index (χ3n) is 8.14. The summed E-state index contributed by atoms with van der Waals surface area (Å²) in [5.41, 5.74) is 3.01. The SMILES string of the molecule is CCCCC1(C#N)CCC(c2ccc(CCC3CCC(CCC)CC3)cc2)CC1. The lowest BCUT2D eigenvalue weighted by atomic mass is 9.67. The third-order valence-corrected chi connectivity index (χ3v) is 8.14. The summed E-state index contributed by atoms with van der Waals surface area (Å²) in [6, 6.07) is 12.3. The van der Waals surface area contributed by atoms with Crippen LogP contribution in [0.15, 0.2) is 24.3 Å². The lowest BCUT2D eigenvalue weighted by Gasteiger charge is -2.35. The molecule has 0 heterocycles. The van der Waals surface area contributed by atoms with Gasteiger partial charge in [0.2, 0.25) is 0 Å². The third kappa shape index (κ3) is 6.34. The van der Waals surface area contributed by atoms with Crippen molar-refractivity contribution in [2.45, 2.75) is 116 Å². The van der Waals surface area contributed by atoms with E-state index in [9.17, 15) is 5.26 Å². The predicted molar refractivity (Wildman–Crippen MR) is 124 cm³/mol. The molecule has 0 aliphatic heterocycles. The Bertz CT molecular complexity index is 621. The van der Waals surface area contributed by atoms with Crippen molar-refractivity contribution >= 4 is 0 Å². The summed E-state index contributed by atoms with van der Waals surface area (Å²) < 4.78 is 0. The average molecular weight is 394 g/mol. The molecule has 0 bridgehead atoms. The van der Waals surface area contributed by atoms with Gasteiger partial charge in [-0.15, -0.1) is 0 Å². The zero-order chi connectivity index (χ0) is 20.5. The monoisotopic (exact) mass is 393 g/mol. The fraction of sp³-hybridized carbons (Fsp3) is 0.750. The van der Waals surface area contributed by atoms with Crippen LogP contribution >= 0.6 is 0 Å². The second kappa shape index (κ2) is 11.2. The van der Waals surface area contributed by atoms with Gasteiger partial charge in [-0.1, -0.05) is 89.5 Å². The van der Waals surface area contributed by atoms with E-state index < -0.39 is 0 Å². The second-order valence-electron chi connectivity index (χ2n) is 10.2. The van der Waals surface area contributed by atoms with Gasteiger partial charge in [-0.3, -0.25) is 0 Å². The van der Waals surface area contributed by atoms with Gasteiger partial charge >= 0.3 is 0 Å². The Morgan fingerprint density at radius 1 is 0.862 bits per heavy atom. The maximum Gasteiger partial charge on any atom is 0.0689 e. The molecule has 0 saturated heterocycles. The molecule has 2 aliphatic carbocycles. The second-order valence-corrected chi connectivity index (χ2v) is 10.2. The van der Waals surface area contributed by atoms with Crippen molar-refractivity contribution in [2.24, 2.45) is 17.3 Å². The number of aryl methyl sites for hydroxylation is 1. The number of nitrogens with zero attached hydrogens (tertiary/aromatic N) is 1. The fourth-order valence-electron chi connectivity index (χ4n) is 5.98. The van der Waals surface area contributed by atoms with E-state index in [0.717, 1.165) is 31.1 Å². The molecule has 0 amide bonds. The standard InChI is InChI=1S/C28H43N/c1-3-5-19-28(22-29)20-17-27(18-21-28)26-15-13-25(14-16-26)12-11-24-9-7-23(6-4-2)8-10-24/h13-16,23-24,27H,3-12,17-21H2,1-2H3. The summed E-state index contributed by atoms with van der Waals surface area (Å²) >= 11 is 0. The molecule has 1 aromatic carbocycles. The van der Waals surface area contributed by atoms with E-state index >= 15 is 0 Å². The molecule has 160 valence electrons. The van der Waals surface area contributed by atoms with Gasteiger partial charge in [0.1, 0.15) is 0 Å². The van der Waals surface area contributed by atoms with Crippen LogP contribution in [0.2, 0.25) is 0 Å². The summed E-state index contributed by atoms with van der Waals surface area (Å²) in [6.45, 7) is 4.56. The van der Waals surface area contributed by atoms with E-state index in [-0.39, 0.29) is 5.41 Å². The van der Waals surface area contributed by atoms with E-state index in [1.807, 2.05) is 0 Å². The van der Waals surface area contributed by atoms with Gasteiger partial charge in [-0.2, -0.15) is 5.26 Å². The first kappa shape index (κ1) is 22.4. The maximum atomic E-state index is 9.72. The molecule has 0 radical (unpaired) electrons. The number of hydrogen-bond acceptors (Lipinski definition) is 1. The van der Waals surface area contributed by atoms with Crippen LogP contribution in [0.3, 0.4) is 0 Å². The van der Waals surface area contributed by atoms with Gasteiger partial charge in [-0.25, -0.2) is 0 Å². The fourth-order valence-corrected chi connectivity index (χ4v) is 5.98. The molecular formula is C28H43N. The van der Waals surface area contributed by atoms with E-state index in [0.29, 0.717) is 5.92 Å². The molecule has 0 unspecified atom stereocenters. The van der Waals surface area contributed by atoms with E-state index in [2.05, 4.69) is 44.2 Å². The Labute approximate surface area is 180 Å². The van der Waals surface area contributed by atoms with E-state index in [4.69, 9.17) is 0 Å². The van der Waals surface area contributed by atoms with Gasteiger partial charge < -0.3 is 0 Å². The van der Waals surface area contributed by atoms with Crippen LogP contribution in [-0.2, 0) is 6.42 Å². The van der Waals surface area contributed by atoms with Crippen molar-refractivity contribution in [3.05, 3.63) is 35.4 Å². The molecule has 0 atom stereocenters. The van der Waals surface area contributed by atoms with Crippen LogP contribution in [0.25, 0.3) is 0 Å². The van der Waals surface area contributed by atoms with Gasteiger partial charge in [0.15, 0.2) is 0 Å². The maximum absolute atomic E-state index is 9.72. The lowest BCUT2D eigenvalue weighted by molar-refractivity contribution is 0.224. The topological polar surface area (TPSA) is 23.8 Å². The summed E-state index contributed by atoms with van der Waals surface area (Å²) in [6.07, 6.45) is 19.4. The Balaban J connectivity index is 1.43. The zero-order valence-electron chi connectivity index (χ0n) is 19.1. The van der Waals surface area contributed by atoms with Crippen molar-refractivity contribution < 1.29 is 0 Å². The van der Waals surface area contributed by atoms with Crippen molar-refractivity contribution in [1.82, 2.24) is 0 Å². The van der Waals surface area contributed by atoms with E-state index in [1.54, 1.807) is 0 Å². The first-order valence-electron chi connectivity index (χ1n) is 12.7. The minimum Gasteiger partial charge on any atom is -0.198 e. The average Bonchev–Trinajstić information content (AvgIpc) is 2.78. The summed E-state index contributed by atoms with van der Waals surface area (Å²) in [7, 11) is 0. The van der Waals surface area contributed by atoms with Crippen molar-refractivity contribution in [1.29, 1.82) is 5.26 Å². The molecule has 2 aliphatic rings. The molecule has 0 aromatic heterocycles. The molecule has 3 rings (SSSR count). The number of benzene rings is 1. The Kier molecular flexibility index (Phi) is 8.65. The van der Waals surface area contributed by atoms with Gasteiger partial charge in [0, 0.05) is 0 Å². The van der Waals surface area contributed by atoms with Gasteiger partial charge in [0.25, 0.3) is 0 Å². The molecule has 1 nitrogen and oxygen atoms in total. The van der Waals surface area contributed by atoms with Crippen LogP contribution in [0.4, 0.5) is 0 Å². The van der Waals surface area contributed by atoms with Crippen molar-refractivity contribution in [3.8, 4) is 6.07 Å². The van der Waals surface area contributed by atoms with Crippen molar-refractivity contribution in [3.63, 3.8) is 0 Å². The van der Waals surface area contributed by atoms with Gasteiger partial charge in [-0.05, 0) is 73.8 Å². The Hall–Kier alpha value is -1.29. The summed E-state index contributed by atoms with van der Waals surface area (Å²) in [4.78, 5) is 0. The highest BCUT2D eigenvalue weighted by atomic mass is 14.4. The van der Waals surface area contributed by atoms with Crippen molar-refractivity contribution in [2.75, 3.05) is 0 Å². The molecule has 1 heteroatoms. The molecule has 0 N–H and O–H groups in total. The first-order valence-corrected chi connectivity index (χ1v) is 12.7. The van der Waals surface area contributed by atoms with Crippen LogP contribution < -0.4 is 0 Å². The minimum atomic E-state index is -0.0252. The molecule has 29 heavy (non-hydrogen) atoms. The van der Waals surface area contributed by atoms with E-state index in [1.165, 1.54) is 88.2 Å². The largest absolute Gasteiger partial charge is 0.198 e. The molecule has 2 fully saturated rings. The number of hydrogen-bond donors (Lipinski definition) is 0. The zero-order valence-corrected chi connectivity index (χ0v) is 19.1. The highest BCUT2D eigenvalue weighted by Gasteiger charge is 2.35. The smallest absolute Gasteiger partial charge is 0.0689 e. The quantitative estimate of drug-likeness (QED) is 0.412. The minimum absolute atomic E-state index is 0.0252. The Morgan fingerprint density at radius 2 is 1.48 bits per heavy atom. The van der Waals surface area contributed by atoms with Crippen LogP contribution in [-0.4, -0.2) is 0 Å². The van der Waals surface area contributed by atoms with Crippen LogP contribution in [0.1, 0.15) is 121 Å². The normalized spacial score (nSPS) is 30.0. The Morgan fingerprint density at radius 3 is 2.03 bits per heavy atom. The molecule has 0 spiro atoms. The first-order chi connectivity index (χ1) is 14.2. The van der Waals surface area contributed by atoms with Crippen LogP contribution in [0.5, 0.6) is 0 Å². The number of nitriles is 1. The number of unbranched alkanes of at least 4 members (excludes halogenated alkanes) is 1. The highest BCUT2D eigenvalue weighted by molar-refractivity contribution is 5.26. The lowest BCUT2D eigenvalue weighted by Crippen LogP contribution is -2.25.